The van der Waals surface area contributed by atoms with Gasteiger partial charge in [0.05, 0.1) is 11.3 Å². The van der Waals surface area contributed by atoms with Crippen LogP contribution >= 0.6 is 22.9 Å². The van der Waals surface area contributed by atoms with Crippen LogP contribution in [0.4, 0.5) is 0 Å². The Morgan fingerprint density at radius 1 is 0.867 bits per heavy atom. The normalized spacial score (nSPS) is 11.4. The fraction of sp³-hybridized carbons (Fsp3) is 0.136. The van der Waals surface area contributed by atoms with Crippen molar-refractivity contribution in [1.82, 2.24) is 16.2 Å². The molecule has 154 valence electrons. The molecule has 0 spiro atoms. The lowest BCUT2D eigenvalue weighted by molar-refractivity contribution is -0.129. The molecule has 0 saturated heterocycles. The minimum Gasteiger partial charge on any atom is -0.339 e. The van der Waals surface area contributed by atoms with Gasteiger partial charge in [0.25, 0.3) is 11.8 Å². The highest BCUT2D eigenvalue weighted by molar-refractivity contribution is 7.12. The van der Waals surface area contributed by atoms with E-state index in [0.29, 0.717) is 9.90 Å². The summed E-state index contributed by atoms with van der Waals surface area (Å²) in [4.78, 5) is 37.8. The molecule has 0 radical (unpaired) electrons. The summed E-state index contributed by atoms with van der Waals surface area (Å²) in [5, 5.41) is 5.11. The molecule has 8 heteroatoms. The summed E-state index contributed by atoms with van der Waals surface area (Å²) in [6.45, 7) is 0. The van der Waals surface area contributed by atoms with E-state index in [-0.39, 0.29) is 24.7 Å². The van der Waals surface area contributed by atoms with Crippen LogP contribution in [-0.4, -0.2) is 23.8 Å². The molecule has 1 aromatic heterocycles. The van der Waals surface area contributed by atoms with Crippen LogP contribution in [0.25, 0.3) is 0 Å². The Morgan fingerprint density at radius 2 is 1.60 bits per heavy atom. The number of carbonyl (C=O) groups excluding carboxylic acids is 3. The van der Waals surface area contributed by atoms with Crippen LogP contribution in [-0.2, 0) is 22.4 Å². The van der Waals surface area contributed by atoms with Gasteiger partial charge in [-0.3, -0.25) is 25.2 Å². The molecule has 0 aliphatic rings. The van der Waals surface area contributed by atoms with E-state index in [1.165, 1.54) is 11.3 Å². The van der Waals surface area contributed by atoms with Gasteiger partial charge in [0.1, 0.15) is 6.04 Å². The second-order valence-corrected chi connectivity index (χ2v) is 7.92. The molecule has 3 rings (SSSR count). The number of hydrogen-bond donors (Lipinski definition) is 3. The third kappa shape index (κ3) is 6.43. The summed E-state index contributed by atoms with van der Waals surface area (Å²) < 4.78 is 0. The molecular formula is C22H20ClN3O3S. The van der Waals surface area contributed by atoms with Gasteiger partial charge in [0, 0.05) is 11.4 Å². The molecule has 2 aromatic carbocycles. The van der Waals surface area contributed by atoms with E-state index in [2.05, 4.69) is 16.2 Å². The van der Waals surface area contributed by atoms with E-state index in [1.807, 2.05) is 30.3 Å². The maximum absolute atomic E-state index is 12.7. The molecular weight excluding hydrogens is 422 g/mol. The first-order valence-electron chi connectivity index (χ1n) is 9.22. The van der Waals surface area contributed by atoms with Gasteiger partial charge in [-0.1, -0.05) is 60.1 Å². The van der Waals surface area contributed by atoms with Crippen LogP contribution in [0, 0.1) is 0 Å². The number of nitrogens with one attached hydrogen (secondary N) is 3. The van der Waals surface area contributed by atoms with E-state index in [4.69, 9.17) is 11.6 Å². The Balaban J connectivity index is 1.61. The van der Waals surface area contributed by atoms with Gasteiger partial charge in [-0.05, 0) is 34.7 Å². The van der Waals surface area contributed by atoms with E-state index in [9.17, 15) is 14.4 Å². The summed E-state index contributed by atoms with van der Waals surface area (Å²) in [7, 11) is 0. The largest absolute Gasteiger partial charge is 0.339 e. The molecule has 0 aliphatic heterocycles. The molecule has 0 aliphatic carbocycles. The van der Waals surface area contributed by atoms with Crippen LogP contribution < -0.4 is 16.2 Å². The molecule has 3 N–H and O–H groups in total. The van der Waals surface area contributed by atoms with Crippen molar-refractivity contribution < 1.29 is 14.4 Å². The zero-order valence-electron chi connectivity index (χ0n) is 15.9. The van der Waals surface area contributed by atoms with Crippen LogP contribution in [0.1, 0.15) is 20.8 Å². The van der Waals surface area contributed by atoms with E-state index in [0.717, 1.165) is 11.1 Å². The maximum Gasteiger partial charge on any atom is 0.262 e. The van der Waals surface area contributed by atoms with Crippen LogP contribution in [0.5, 0.6) is 0 Å². The van der Waals surface area contributed by atoms with Crippen molar-refractivity contribution in [2.75, 3.05) is 0 Å². The Kier molecular flexibility index (Phi) is 7.59. The van der Waals surface area contributed by atoms with Crippen molar-refractivity contribution in [2.24, 2.45) is 0 Å². The zero-order valence-corrected chi connectivity index (χ0v) is 17.5. The van der Waals surface area contributed by atoms with Gasteiger partial charge in [-0.2, -0.15) is 0 Å². The van der Waals surface area contributed by atoms with Crippen LogP contribution in [0.2, 0.25) is 5.02 Å². The van der Waals surface area contributed by atoms with Crippen molar-refractivity contribution in [3.8, 4) is 0 Å². The number of rotatable bonds is 7. The Morgan fingerprint density at radius 3 is 2.27 bits per heavy atom. The van der Waals surface area contributed by atoms with Crippen LogP contribution in [0.3, 0.4) is 0 Å². The Hall–Kier alpha value is -3.16. The fourth-order valence-electron chi connectivity index (χ4n) is 2.75. The fourth-order valence-corrected chi connectivity index (χ4v) is 3.50. The van der Waals surface area contributed by atoms with Gasteiger partial charge in [0.2, 0.25) is 5.91 Å². The highest BCUT2D eigenvalue weighted by atomic mass is 35.5. The summed E-state index contributed by atoms with van der Waals surface area (Å²) in [5.74, 6) is -1.23. The third-order valence-electron chi connectivity index (χ3n) is 4.25. The number of thiophene rings is 1. The Labute approximate surface area is 183 Å². The van der Waals surface area contributed by atoms with E-state index in [1.54, 1.807) is 41.8 Å². The lowest BCUT2D eigenvalue weighted by Gasteiger charge is -2.18. The predicted octanol–water partition coefficient (Wildman–Crippen LogP) is 3.13. The van der Waals surface area contributed by atoms with Gasteiger partial charge in [0.15, 0.2) is 0 Å². The third-order valence-corrected chi connectivity index (χ3v) is 5.37. The van der Waals surface area contributed by atoms with E-state index < -0.39 is 11.9 Å². The molecule has 1 unspecified atom stereocenters. The molecule has 30 heavy (non-hydrogen) atoms. The van der Waals surface area contributed by atoms with Gasteiger partial charge < -0.3 is 5.32 Å². The highest BCUT2D eigenvalue weighted by Gasteiger charge is 2.23. The first-order chi connectivity index (χ1) is 14.5. The first kappa shape index (κ1) is 21.5. The summed E-state index contributed by atoms with van der Waals surface area (Å²) in [6, 6.07) is 18.8. The molecule has 3 aromatic rings. The number of hydrazine groups is 1. The molecule has 1 heterocycles. The van der Waals surface area contributed by atoms with Crippen molar-refractivity contribution in [1.29, 1.82) is 0 Å². The first-order valence-corrected chi connectivity index (χ1v) is 10.5. The second kappa shape index (κ2) is 10.6. The number of halogens is 1. The topological polar surface area (TPSA) is 87.3 Å². The summed E-state index contributed by atoms with van der Waals surface area (Å²) in [5.41, 5.74) is 6.46. The minimum atomic E-state index is -0.849. The number of benzene rings is 2. The number of hydrogen-bond acceptors (Lipinski definition) is 4. The molecule has 0 fully saturated rings. The molecule has 0 saturated carbocycles. The smallest absolute Gasteiger partial charge is 0.262 e. The maximum atomic E-state index is 12.7. The summed E-state index contributed by atoms with van der Waals surface area (Å²) in [6.07, 6.45) is 0.374. The lowest BCUT2D eigenvalue weighted by atomic mass is 10.1. The van der Waals surface area contributed by atoms with Gasteiger partial charge in [-0.25, -0.2) is 0 Å². The van der Waals surface area contributed by atoms with E-state index >= 15 is 0 Å². The monoisotopic (exact) mass is 441 g/mol. The zero-order chi connectivity index (χ0) is 21.3. The molecule has 6 nitrogen and oxygen atoms in total. The quantitative estimate of drug-likeness (QED) is 0.492. The SMILES string of the molecule is O=C(Cc1ccc(Cl)cc1)NNC(=O)C(Cc1ccccc1)NC(=O)c1cccs1. The summed E-state index contributed by atoms with van der Waals surface area (Å²) >= 11 is 7.13. The van der Waals surface area contributed by atoms with Crippen molar-refractivity contribution in [3.63, 3.8) is 0 Å². The minimum absolute atomic E-state index is 0.0857. The second-order valence-electron chi connectivity index (χ2n) is 6.53. The van der Waals surface area contributed by atoms with Crippen LogP contribution in [0.15, 0.2) is 72.1 Å². The highest BCUT2D eigenvalue weighted by Crippen LogP contribution is 2.11. The average Bonchev–Trinajstić information content (AvgIpc) is 3.29. The lowest BCUT2D eigenvalue weighted by Crippen LogP contribution is -2.53. The Bertz CT molecular complexity index is 992. The van der Waals surface area contributed by atoms with Crippen molar-refractivity contribution in [3.05, 3.63) is 93.1 Å². The molecule has 3 amide bonds. The van der Waals surface area contributed by atoms with Crippen molar-refractivity contribution >= 4 is 40.7 Å². The molecule has 1 atom stereocenters. The van der Waals surface area contributed by atoms with Gasteiger partial charge >= 0.3 is 0 Å². The number of carbonyl (C=O) groups is 3. The predicted molar refractivity (Wildman–Crippen MR) is 117 cm³/mol. The standard InChI is InChI=1S/C22H20ClN3O3S/c23-17-10-8-16(9-11-17)14-20(27)25-26-21(28)18(13-15-5-2-1-3-6-15)24-22(29)19-7-4-12-30-19/h1-12,18H,13-14H2,(H,24,29)(H,25,27)(H,26,28). The number of amides is 3. The van der Waals surface area contributed by atoms with Gasteiger partial charge in [-0.15, -0.1) is 11.3 Å². The van der Waals surface area contributed by atoms with Crippen molar-refractivity contribution in [2.45, 2.75) is 18.9 Å². The molecule has 0 bridgehead atoms. The average molecular weight is 442 g/mol.